The Hall–Kier alpha value is -3.79. The predicted molar refractivity (Wildman–Crippen MR) is 143 cm³/mol. The quantitative estimate of drug-likeness (QED) is 0.244. The summed E-state index contributed by atoms with van der Waals surface area (Å²) in [5, 5.41) is 6.65. The highest BCUT2D eigenvalue weighted by Gasteiger charge is 2.21. The van der Waals surface area contributed by atoms with Crippen molar-refractivity contribution in [2.24, 2.45) is 0 Å². The second-order valence-corrected chi connectivity index (χ2v) is 9.25. The number of nitrogens with one attached hydrogen (secondary N) is 2. The Labute approximate surface area is 226 Å². The lowest BCUT2D eigenvalue weighted by molar-refractivity contribution is -0.111. The summed E-state index contributed by atoms with van der Waals surface area (Å²) in [4.78, 5) is 21.5. The van der Waals surface area contributed by atoms with Gasteiger partial charge in [0.25, 0.3) is 0 Å². The van der Waals surface area contributed by atoms with E-state index in [1.54, 1.807) is 12.1 Å². The topological polar surface area (TPSA) is 85.4 Å². The second-order valence-electron chi connectivity index (χ2n) is 8.43. The summed E-state index contributed by atoms with van der Waals surface area (Å²) >= 11 is 12.0. The van der Waals surface area contributed by atoms with Crippen LogP contribution in [0.4, 0.5) is 26.0 Å². The van der Waals surface area contributed by atoms with Crippen LogP contribution < -0.4 is 15.4 Å². The molecule has 0 radical (unpaired) electrons. The molecule has 0 aliphatic carbocycles. The van der Waals surface area contributed by atoms with Gasteiger partial charge in [-0.2, -0.15) is 0 Å². The van der Waals surface area contributed by atoms with Crippen LogP contribution in [-0.2, 0) is 9.53 Å². The summed E-state index contributed by atoms with van der Waals surface area (Å²) in [5.41, 5.74) is 1.93. The average molecular weight is 557 g/mol. The van der Waals surface area contributed by atoms with E-state index in [-0.39, 0.29) is 16.1 Å². The zero-order valence-electron chi connectivity index (χ0n) is 19.7. The van der Waals surface area contributed by atoms with Crippen LogP contribution in [0.2, 0.25) is 10.0 Å². The Morgan fingerprint density at radius 3 is 2.71 bits per heavy atom. The molecule has 0 saturated carbocycles. The Morgan fingerprint density at radius 1 is 1.08 bits per heavy atom. The number of aromatic nitrogens is 2. The van der Waals surface area contributed by atoms with E-state index in [0.29, 0.717) is 59.0 Å². The van der Waals surface area contributed by atoms with Crippen molar-refractivity contribution in [2.45, 2.75) is 12.5 Å². The van der Waals surface area contributed by atoms with Gasteiger partial charge in [-0.05, 0) is 48.0 Å². The van der Waals surface area contributed by atoms with Crippen LogP contribution in [0.1, 0.15) is 12.0 Å². The molecule has 1 aromatic heterocycles. The number of anilines is 3. The number of halogens is 4. The van der Waals surface area contributed by atoms with Crippen LogP contribution in [0.15, 0.2) is 60.9 Å². The molecule has 5 rings (SSSR count). The monoisotopic (exact) mass is 556 g/mol. The van der Waals surface area contributed by atoms with Crippen molar-refractivity contribution in [3.63, 3.8) is 0 Å². The number of rotatable bonds is 7. The Bertz CT molecular complexity index is 1540. The van der Waals surface area contributed by atoms with Gasteiger partial charge in [0.05, 0.1) is 34.5 Å². The van der Waals surface area contributed by atoms with E-state index in [1.807, 2.05) is 0 Å². The van der Waals surface area contributed by atoms with Crippen LogP contribution in [0.25, 0.3) is 17.0 Å². The molecule has 4 aromatic rings. The van der Waals surface area contributed by atoms with Crippen LogP contribution in [0.5, 0.6) is 5.75 Å². The number of carbonyl (C=O) groups is 1. The maximum atomic E-state index is 13.6. The van der Waals surface area contributed by atoms with Crippen molar-refractivity contribution in [2.75, 3.05) is 23.8 Å². The Morgan fingerprint density at radius 2 is 1.95 bits per heavy atom. The van der Waals surface area contributed by atoms with Gasteiger partial charge in [-0.25, -0.2) is 18.7 Å². The van der Waals surface area contributed by atoms with E-state index in [9.17, 15) is 13.6 Å². The van der Waals surface area contributed by atoms with Crippen LogP contribution in [0, 0.1) is 11.6 Å². The number of carbonyl (C=O) groups excluding carboxylic acids is 1. The van der Waals surface area contributed by atoms with Gasteiger partial charge in [0.1, 0.15) is 35.6 Å². The number of nitrogens with zero attached hydrogens (tertiary/aromatic N) is 2. The first-order valence-electron chi connectivity index (χ1n) is 11.5. The van der Waals surface area contributed by atoms with Crippen molar-refractivity contribution in [1.82, 2.24) is 9.97 Å². The summed E-state index contributed by atoms with van der Waals surface area (Å²) in [6.07, 6.45) is 4.67. The van der Waals surface area contributed by atoms with E-state index < -0.39 is 17.5 Å². The zero-order valence-corrected chi connectivity index (χ0v) is 21.2. The highest BCUT2D eigenvalue weighted by atomic mass is 35.5. The third kappa shape index (κ3) is 6.02. The lowest BCUT2D eigenvalue weighted by Gasteiger charge is -2.17. The lowest BCUT2D eigenvalue weighted by Crippen LogP contribution is -2.18. The first-order chi connectivity index (χ1) is 18.4. The van der Waals surface area contributed by atoms with Gasteiger partial charge in [0.2, 0.25) is 5.91 Å². The third-order valence-corrected chi connectivity index (χ3v) is 6.35. The fourth-order valence-electron chi connectivity index (χ4n) is 3.85. The smallest absolute Gasteiger partial charge is 0.248 e. The van der Waals surface area contributed by atoms with Crippen LogP contribution >= 0.6 is 23.2 Å². The molecule has 1 fully saturated rings. The first kappa shape index (κ1) is 25.8. The van der Waals surface area contributed by atoms with Crippen molar-refractivity contribution in [1.29, 1.82) is 0 Å². The molecular formula is C27H20Cl2F2N4O3. The molecule has 0 bridgehead atoms. The van der Waals surface area contributed by atoms with Gasteiger partial charge in [-0.1, -0.05) is 29.3 Å². The Kier molecular flexibility index (Phi) is 7.69. The zero-order chi connectivity index (χ0) is 26.6. The normalized spacial score (nSPS) is 15.2. The number of benzene rings is 3. The highest BCUT2D eigenvalue weighted by molar-refractivity contribution is 6.32. The molecule has 1 aliphatic rings. The molecule has 2 heterocycles. The first-order valence-corrected chi connectivity index (χ1v) is 12.3. The van der Waals surface area contributed by atoms with Crippen molar-refractivity contribution in [3.8, 4) is 5.75 Å². The summed E-state index contributed by atoms with van der Waals surface area (Å²) in [5.74, 6) is -0.655. The summed E-state index contributed by atoms with van der Waals surface area (Å²) in [6, 6.07) is 11.5. The number of amides is 1. The predicted octanol–water partition coefficient (Wildman–Crippen LogP) is 6.78. The standard InChI is InChI=1S/C27H20Cl2F2N4O3/c28-20-9-16(30)3-1-15(20)2-6-26(36)35-24-11-19-23(12-25(24)38-18-7-8-37-13-18)32-14-33-27(19)34-17-4-5-22(31)21(29)10-17/h1-6,9-12,14,18H,7-8,13H2,(H,35,36)(H,32,33,34)/b6-2+/t18-/m0/s1. The molecule has 0 spiro atoms. The van der Waals surface area contributed by atoms with Crippen LogP contribution in [0.3, 0.4) is 0 Å². The van der Waals surface area contributed by atoms with Crippen molar-refractivity contribution < 1.29 is 23.0 Å². The van der Waals surface area contributed by atoms with E-state index in [1.165, 1.54) is 54.9 Å². The van der Waals surface area contributed by atoms with Gasteiger partial charge in [-0.15, -0.1) is 0 Å². The van der Waals surface area contributed by atoms with Gasteiger partial charge in [0.15, 0.2) is 0 Å². The second kappa shape index (κ2) is 11.3. The summed E-state index contributed by atoms with van der Waals surface area (Å²) in [7, 11) is 0. The van der Waals surface area contributed by atoms with E-state index in [4.69, 9.17) is 32.7 Å². The van der Waals surface area contributed by atoms with Crippen LogP contribution in [-0.4, -0.2) is 35.2 Å². The summed E-state index contributed by atoms with van der Waals surface area (Å²) in [6.45, 7) is 1.01. The number of hydrogen-bond donors (Lipinski definition) is 2. The molecule has 1 amide bonds. The average Bonchev–Trinajstić information content (AvgIpc) is 3.40. The minimum atomic E-state index is -0.539. The molecule has 11 heteroatoms. The fourth-order valence-corrected chi connectivity index (χ4v) is 4.26. The van der Waals surface area contributed by atoms with E-state index >= 15 is 0 Å². The molecule has 3 aromatic carbocycles. The lowest BCUT2D eigenvalue weighted by atomic mass is 10.1. The van der Waals surface area contributed by atoms with Gasteiger partial charge in [-0.3, -0.25) is 4.79 Å². The van der Waals surface area contributed by atoms with Gasteiger partial charge >= 0.3 is 0 Å². The molecule has 0 unspecified atom stereocenters. The third-order valence-electron chi connectivity index (χ3n) is 5.74. The molecule has 1 atom stereocenters. The van der Waals surface area contributed by atoms with Crippen molar-refractivity contribution in [3.05, 3.63) is 88.2 Å². The maximum absolute atomic E-state index is 13.6. The molecule has 194 valence electrons. The molecule has 7 nitrogen and oxygen atoms in total. The van der Waals surface area contributed by atoms with E-state index in [0.717, 1.165) is 0 Å². The van der Waals surface area contributed by atoms with Crippen molar-refractivity contribution >= 4 is 63.3 Å². The minimum Gasteiger partial charge on any atom is -0.486 e. The molecule has 38 heavy (non-hydrogen) atoms. The number of fused-ring (bicyclic) bond motifs is 1. The molecule has 1 saturated heterocycles. The SMILES string of the molecule is O=C(/C=C/c1ccc(F)cc1Cl)Nc1cc2c(Nc3ccc(F)c(Cl)c3)ncnc2cc1O[C@H]1CCOC1. The highest BCUT2D eigenvalue weighted by Crippen LogP contribution is 2.35. The maximum Gasteiger partial charge on any atom is 0.248 e. The van der Waals surface area contributed by atoms with Gasteiger partial charge in [0, 0.05) is 29.6 Å². The fraction of sp³-hybridized carbons (Fsp3) is 0.148. The summed E-state index contributed by atoms with van der Waals surface area (Å²) < 4.78 is 38.5. The van der Waals surface area contributed by atoms with E-state index in [2.05, 4.69) is 20.6 Å². The minimum absolute atomic E-state index is 0.0381. The number of ether oxygens (including phenoxy) is 2. The molecule has 2 N–H and O–H groups in total. The number of hydrogen-bond acceptors (Lipinski definition) is 6. The van der Waals surface area contributed by atoms with Gasteiger partial charge < -0.3 is 20.1 Å². The molecule has 1 aliphatic heterocycles. The largest absolute Gasteiger partial charge is 0.486 e. The molecular weight excluding hydrogens is 537 g/mol. The Balaban J connectivity index is 1.47.